The lowest BCUT2D eigenvalue weighted by Gasteiger charge is -2.34. The maximum absolute atomic E-state index is 12.8. The van der Waals surface area contributed by atoms with Gasteiger partial charge in [-0.05, 0) is 24.6 Å². The number of rotatable bonds is 7. The molecular weight excluding hydrogens is 406 g/mol. The Morgan fingerprint density at radius 1 is 1.10 bits per heavy atom. The first-order valence-electron chi connectivity index (χ1n) is 10.1. The lowest BCUT2D eigenvalue weighted by Crippen LogP contribution is -2.50. The van der Waals surface area contributed by atoms with Gasteiger partial charge in [-0.2, -0.15) is 5.10 Å². The van der Waals surface area contributed by atoms with E-state index in [4.69, 9.17) is 11.6 Å². The molecule has 0 spiro atoms. The molecule has 1 saturated heterocycles. The van der Waals surface area contributed by atoms with Crippen LogP contribution in [0, 0.1) is 0 Å². The average Bonchev–Trinajstić information content (AvgIpc) is 2.75. The molecule has 1 aliphatic heterocycles. The van der Waals surface area contributed by atoms with Crippen molar-refractivity contribution in [2.75, 3.05) is 38.0 Å². The minimum atomic E-state index is -0.200. The molecule has 1 aromatic heterocycles. The quantitative estimate of drug-likeness (QED) is 0.725. The highest BCUT2D eigenvalue weighted by Crippen LogP contribution is 2.20. The molecule has 0 saturated carbocycles. The number of anilines is 1. The Hall–Kier alpha value is -2.71. The summed E-state index contributed by atoms with van der Waals surface area (Å²) < 4.78 is 1.35. The zero-order chi connectivity index (χ0) is 21.5. The molecule has 0 bridgehead atoms. The number of aromatic nitrogens is 2. The number of benzene rings is 1. The van der Waals surface area contributed by atoms with Gasteiger partial charge in [0.15, 0.2) is 0 Å². The minimum Gasteiger partial charge on any atom is -0.335 e. The van der Waals surface area contributed by atoms with Crippen LogP contribution in [0.15, 0.2) is 41.2 Å². The van der Waals surface area contributed by atoms with Crippen LogP contribution >= 0.6 is 11.6 Å². The van der Waals surface area contributed by atoms with Crippen molar-refractivity contribution in [2.45, 2.75) is 26.3 Å². The van der Waals surface area contributed by atoms with Crippen LogP contribution in [0.25, 0.3) is 0 Å². The predicted molar refractivity (Wildman–Crippen MR) is 116 cm³/mol. The summed E-state index contributed by atoms with van der Waals surface area (Å²) in [7, 11) is 0. The first-order chi connectivity index (χ1) is 14.5. The number of carbonyl (C=O) groups excluding carboxylic acids is 2. The van der Waals surface area contributed by atoms with Gasteiger partial charge >= 0.3 is 0 Å². The van der Waals surface area contributed by atoms with Gasteiger partial charge in [0.05, 0.1) is 17.3 Å². The fourth-order valence-corrected chi connectivity index (χ4v) is 3.44. The van der Waals surface area contributed by atoms with E-state index < -0.39 is 0 Å². The standard InChI is InChI=1S/C21H26ClN5O3/c1-2-3-10-27-20(29)9-8-18(24-27)21(30)26-13-11-25(12-14-26)15-19(28)23-17-7-5-4-6-16(17)22/h4-9H,2-3,10-15H2,1H3,(H,23,28). The topological polar surface area (TPSA) is 87.5 Å². The van der Waals surface area contributed by atoms with Crippen molar-refractivity contribution in [2.24, 2.45) is 0 Å². The molecule has 1 N–H and O–H groups in total. The van der Waals surface area contributed by atoms with E-state index in [1.165, 1.54) is 16.8 Å². The van der Waals surface area contributed by atoms with E-state index in [0.29, 0.717) is 43.4 Å². The number of hydrogen-bond acceptors (Lipinski definition) is 5. The molecule has 2 heterocycles. The van der Waals surface area contributed by atoms with E-state index in [1.807, 2.05) is 17.9 Å². The van der Waals surface area contributed by atoms with Gasteiger partial charge in [-0.3, -0.25) is 19.3 Å². The van der Waals surface area contributed by atoms with E-state index in [-0.39, 0.29) is 29.6 Å². The number of unbranched alkanes of at least 4 members (excludes halogenated alkanes) is 1. The van der Waals surface area contributed by atoms with E-state index in [1.54, 1.807) is 23.1 Å². The van der Waals surface area contributed by atoms with Crippen molar-refractivity contribution < 1.29 is 9.59 Å². The highest BCUT2D eigenvalue weighted by molar-refractivity contribution is 6.33. The van der Waals surface area contributed by atoms with E-state index in [2.05, 4.69) is 10.4 Å². The van der Waals surface area contributed by atoms with Gasteiger partial charge in [-0.1, -0.05) is 37.1 Å². The maximum Gasteiger partial charge on any atom is 0.274 e. The van der Waals surface area contributed by atoms with Gasteiger partial charge in [-0.25, -0.2) is 4.68 Å². The fraction of sp³-hybridized carbons (Fsp3) is 0.429. The summed E-state index contributed by atoms with van der Waals surface area (Å²) in [6.45, 7) is 4.92. The highest BCUT2D eigenvalue weighted by atomic mass is 35.5. The molecule has 2 aromatic rings. The summed E-state index contributed by atoms with van der Waals surface area (Å²) in [6, 6.07) is 9.97. The van der Waals surface area contributed by atoms with E-state index in [9.17, 15) is 14.4 Å². The van der Waals surface area contributed by atoms with E-state index >= 15 is 0 Å². The molecule has 9 heteroatoms. The van der Waals surface area contributed by atoms with Crippen LogP contribution in [0.3, 0.4) is 0 Å². The lowest BCUT2D eigenvalue weighted by molar-refractivity contribution is -0.117. The summed E-state index contributed by atoms with van der Waals surface area (Å²) in [5.41, 5.74) is 0.659. The van der Waals surface area contributed by atoms with Crippen LogP contribution in [0.1, 0.15) is 30.3 Å². The zero-order valence-corrected chi connectivity index (χ0v) is 17.8. The molecule has 0 aliphatic carbocycles. The molecule has 0 atom stereocenters. The third-order valence-corrected chi connectivity index (χ3v) is 5.31. The number of nitrogens with zero attached hydrogens (tertiary/aromatic N) is 4. The number of piperazine rings is 1. The molecule has 1 fully saturated rings. The monoisotopic (exact) mass is 431 g/mol. The Balaban J connectivity index is 1.52. The average molecular weight is 432 g/mol. The molecule has 160 valence electrons. The summed E-state index contributed by atoms with van der Waals surface area (Å²) in [5.74, 6) is -0.340. The number of aryl methyl sites for hydroxylation is 1. The Labute approximate surface area is 180 Å². The van der Waals surface area contributed by atoms with Crippen molar-refractivity contribution in [1.82, 2.24) is 19.6 Å². The molecule has 2 amide bonds. The maximum atomic E-state index is 12.8. The Kier molecular flexibility index (Phi) is 7.59. The van der Waals surface area contributed by atoms with Crippen molar-refractivity contribution >= 4 is 29.1 Å². The van der Waals surface area contributed by atoms with Crippen molar-refractivity contribution in [3.05, 3.63) is 57.5 Å². The molecule has 0 radical (unpaired) electrons. The zero-order valence-electron chi connectivity index (χ0n) is 17.0. The van der Waals surface area contributed by atoms with Crippen LogP contribution in [-0.4, -0.2) is 64.1 Å². The van der Waals surface area contributed by atoms with Crippen LogP contribution in [0.5, 0.6) is 0 Å². The third kappa shape index (κ3) is 5.67. The Morgan fingerprint density at radius 2 is 1.83 bits per heavy atom. The summed E-state index contributed by atoms with van der Waals surface area (Å²) >= 11 is 6.07. The van der Waals surface area contributed by atoms with Crippen molar-refractivity contribution in [3.63, 3.8) is 0 Å². The largest absolute Gasteiger partial charge is 0.335 e. The number of para-hydroxylation sites is 1. The SMILES string of the molecule is CCCCn1nc(C(=O)N2CCN(CC(=O)Nc3ccccc3Cl)CC2)ccc1=O. The van der Waals surface area contributed by atoms with Gasteiger partial charge in [0.2, 0.25) is 5.91 Å². The highest BCUT2D eigenvalue weighted by Gasteiger charge is 2.24. The molecule has 1 aromatic carbocycles. The van der Waals surface area contributed by atoms with Crippen LogP contribution < -0.4 is 10.9 Å². The Morgan fingerprint density at radius 3 is 2.53 bits per heavy atom. The number of nitrogens with one attached hydrogen (secondary N) is 1. The second-order valence-electron chi connectivity index (χ2n) is 7.23. The number of halogens is 1. The fourth-order valence-electron chi connectivity index (χ4n) is 3.26. The van der Waals surface area contributed by atoms with Crippen LogP contribution in [0.2, 0.25) is 5.02 Å². The number of hydrogen-bond donors (Lipinski definition) is 1. The minimum absolute atomic E-state index is 0.146. The number of carbonyl (C=O) groups is 2. The Bertz CT molecular complexity index is 954. The van der Waals surface area contributed by atoms with Gasteiger partial charge in [0, 0.05) is 38.8 Å². The lowest BCUT2D eigenvalue weighted by atomic mass is 10.2. The van der Waals surface area contributed by atoms with Crippen molar-refractivity contribution in [3.8, 4) is 0 Å². The van der Waals surface area contributed by atoms with Gasteiger partial charge < -0.3 is 10.2 Å². The van der Waals surface area contributed by atoms with Gasteiger partial charge in [-0.15, -0.1) is 0 Å². The molecule has 30 heavy (non-hydrogen) atoms. The summed E-state index contributed by atoms with van der Waals surface area (Å²) in [4.78, 5) is 40.7. The first kappa shape index (κ1) is 22.0. The summed E-state index contributed by atoms with van der Waals surface area (Å²) in [6.07, 6.45) is 1.78. The smallest absolute Gasteiger partial charge is 0.274 e. The second kappa shape index (κ2) is 10.4. The molecule has 1 aliphatic rings. The van der Waals surface area contributed by atoms with Crippen LogP contribution in [-0.2, 0) is 11.3 Å². The molecular formula is C21H26ClN5O3. The second-order valence-corrected chi connectivity index (χ2v) is 7.64. The van der Waals surface area contributed by atoms with Gasteiger partial charge in [0.1, 0.15) is 5.69 Å². The molecule has 8 nitrogen and oxygen atoms in total. The number of amides is 2. The summed E-state index contributed by atoms with van der Waals surface area (Å²) in [5, 5.41) is 7.53. The molecule has 0 unspecified atom stereocenters. The molecule has 3 rings (SSSR count). The first-order valence-corrected chi connectivity index (χ1v) is 10.5. The van der Waals surface area contributed by atoms with E-state index in [0.717, 1.165) is 12.8 Å². The van der Waals surface area contributed by atoms with Crippen LogP contribution in [0.4, 0.5) is 5.69 Å². The van der Waals surface area contributed by atoms with Crippen molar-refractivity contribution in [1.29, 1.82) is 0 Å². The normalized spacial score (nSPS) is 14.5. The predicted octanol–water partition coefficient (Wildman–Crippen LogP) is 2.09. The third-order valence-electron chi connectivity index (χ3n) is 4.98. The van der Waals surface area contributed by atoms with Gasteiger partial charge in [0.25, 0.3) is 11.5 Å².